The summed E-state index contributed by atoms with van der Waals surface area (Å²) in [5.41, 5.74) is 0. The van der Waals surface area contributed by atoms with Crippen LogP contribution in [0.3, 0.4) is 0 Å². The van der Waals surface area contributed by atoms with E-state index in [0.29, 0.717) is 6.54 Å². The average molecular weight is 217 g/mol. The normalized spacial score (nSPS) is 12.3. The third-order valence-corrected chi connectivity index (χ3v) is 2.16. The summed E-state index contributed by atoms with van der Waals surface area (Å²) < 4.78 is 9.18. The summed E-state index contributed by atoms with van der Waals surface area (Å²) in [5, 5.41) is 0. The first-order chi connectivity index (χ1) is 7.06. The fourth-order valence-electron chi connectivity index (χ4n) is 1.25. The Hall–Kier alpha value is -1.10. The van der Waals surface area contributed by atoms with E-state index in [1.54, 1.807) is 11.8 Å². The van der Waals surface area contributed by atoms with Crippen LogP contribution < -0.4 is 0 Å². The summed E-state index contributed by atoms with van der Waals surface area (Å²) in [4.78, 5) is 24.1. The van der Waals surface area contributed by atoms with Crippen LogP contribution in [0, 0.1) is 0 Å². The number of carbonyl (C=O) groups excluding carboxylic acids is 2. The van der Waals surface area contributed by atoms with Crippen molar-refractivity contribution in [2.24, 2.45) is 0 Å². The number of esters is 2. The van der Waals surface area contributed by atoms with E-state index in [1.807, 2.05) is 6.92 Å². The van der Waals surface area contributed by atoms with Crippen molar-refractivity contribution in [3.63, 3.8) is 0 Å². The van der Waals surface area contributed by atoms with E-state index in [-0.39, 0.29) is 18.5 Å². The largest absolute Gasteiger partial charge is 0.468 e. The number of methoxy groups -OCH3 is 2. The molecule has 1 atom stereocenters. The maximum atomic E-state index is 11.3. The maximum Gasteiger partial charge on any atom is 0.322 e. The minimum atomic E-state index is -0.422. The molecule has 0 spiro atoms. The molecule has 0 aromatic heterocycles. The van der Waals surface area contributed by atoms with Crippen LogP contribution in [0.2, 0.25) is 0 Å². The first-order valence-corrected chi connectivity index (χ1v) is 4.95. The summed E-state index contributed by atoms with van der Waals surface area (Å²) in [7, 11) is 2.66. The van der Waals surface area contributed by atoms with Crippen molar-refractivity contribution in [1.82, 2.24) is 4.90 Å². The van der Waals surface area contributed by atoms with Crippen molar-refractivity contribution in [1.29, 1.82) is 0 Å². The Balaban J connectivity index is 4.36. The molecule has 0 bridgehead atoms. The monoisotopic (exact) mass is 217 g/mol. The van der Waals surface area contributed by atoms with Gasteiger partial charge in [-0.15, -0.1) is 0 Å². The highest BCUT2D eigenvalue weighted by Gasteiger charge is 2.23. The summed E-state index contributed by atoms with van der Waals surface area (Å²) in [5.74, 6) is -0.688. The number of ether oxygens (including phenoxy) is 2. The second-order valence-electron chi connectivity index (χ2n) is 3.25. The Morgan fingerprint density at radius 2 is 1.87 bits per heavy atom. The molecule has 0 N–H and O–H groups in total. The van der Waals surface area contributed by atoms with Crippen molar-refractivity contribution >= 4 is 11.9 Å². The smallest absolute Gasteiger partial charge is 0.322 e. The summed E-state index contributed by atoms with van der Waals surface area (Å²) >= 11 is 0. The summed E-state index contributed by atoms with van der Waals surface area (Å²) in [6, 6.07) is -0.422. The Morgan fingerprint density at radius 3 is 2.27 bits per heavy atom. The maximum absolute atomic E-state index is 11.3. The van der Waals surface area contributed by atoms with Gasteiger partial charge in [0.2, 0.25) is 0 Å². The van der Waals surface area contributed by atoms with Crippen molar-refractivity contribution in [2.45, 2.75) is 26.3 Å². The lowest BCUT2D eigenvalue weighted by Gasteiger charge is -2.25. The number of nitrogens with zero attached hydrogens (tertiary/aromatic N) is 1. The lowest BCUT2D eigenvalue weighted by molar-refractivity contribution is -0.149. The average Bonchev–Trinajstić information content (AvgIpc) is 2.26. The van der Waals surface area contributed by atoms with Gasteiger partial charge >= 0.3 is 11.9 Å². The minimum absolute atomic E-state index is 0.112. The van der Waals surface area contributed by atoms with Crippen LogP contribution in [0.4, 0.5) is 0 Å². The molecule has 0 aliphatic rings. The van der Waals surface area contributed by atoms with Gasteiger partial charge in [0.25, 0.3) is 0 Å². The van der Waals surface area contributed by atoms with Crippen LogP contribution in [0.15, 0.2) is 0 Å². The molecule has 5 nitrogen and oxygen atoms in total. The van der Waals surface area contributed by atoms with E-state index in [9.17, 15) is 9.59 Å². The number of rotatable bonds is 6. The molecule has 0 radical (unpaired) electrons. The molecule has 0 aromatic rings. The first kappa shape index (κ1) is 13.9. The molecule has 0 rings (SSSR count). The van der Waals surface area contributed by atoms with Crippen LogP contribution in [-0.4, -0.2) is 50.2 Å². The van der Waals surface area contributed by atoms with Crippen LogP contribution >= 0.6 is 0 Å². The molecule has 0 aromatic carbocycles. The molecular formula is C10H19NO4. The molecule has 1 unspecified atom stereocenters. The SMILES string of the molecule is CCCN(CC(=O)OC)C(C)C(=O)OC. The molecule has 88 valence electrons. The zero-order valence-corrected chi connectivity index (χ0v) is 9.78. The van der Waals surface area contributed by atoms with Gasteiger partial charge in [-0.25, -0.2) is 0 Å². The Labute approximate surface area is 90.3 Å². The predicted molar refractivity (Wildman–Crippen MR) is 55.4 cm³/mol. The van der Waals surface area contributed by atoms with E-state index in [1.165, 1.54) is 14.2 Å². The molecule has 5 heteroatoms. The minimum Gasteiger partial charge on any atom is -0.468 e. The standard InChI is InChI=1S/C10H19NO4/c1-5-6-11(7-9(12)14-3)8(2)10(13)15-4/h8H,5-7H2,1-4H3. The van der Waals surface area contributed by atoms with Crippen LogP contribution in [0.5, 0.6) is 0 Å². The van der Waals surface area contributed by atoms with Gasteiger partial charge in [0.15, 0.2) is 0 Å². The molecule has 0 saturated carbocycles. The molecule has 0 aliphatic carbocycles. The Bertz CT molecular complexity index is 217. The second-order valence-corrected chi connectivity index (χ2v) is 3.25. The van der Waals surface area contributed by atoms with Crippen molar-refractivity contribution in [2.75, 3.05) is 27.3 Å². The lowest BCUT2D eigenvalue weighted by atomic mass is 10.2. The number of hydrogen-bond donors (Lipinski definition) is 0. The lowest BCUT2D eigenvalue weighted by Crippen LogP contribution is -2.43. The molecule has 0 saturated heterocycles. The van der Waals surface area contributed by atoms with Gasteiger partial charge in [0.1, 0.15) is 6.04 Å². The van der Waals surface area contributed by atoms with E-state index in [0.717, 1.165) is 6.42 Å². The van der Waals surface area contributed by atoms with Crippen LogP contribution in [-0.2, 0) is 19.1 Å². The zero-order chi connectivity index (χ0) is 11.8. The third kappa shape index (κ3) is 4.78. The van der Waals surface area contributed by atoms with Gasteiger partial charge < -0.3 is 9.47 Å². The molecule has 0 aliphatic heterocycles. The van der Waals surface area contributed by atoms with Gasteiger partial charge in [-0.2, -0.15) is 0 Å². The highest BCUT2D eigenvalue weighted by atomic mass is 16.5. The first-order valence-electron chi connectivity index (χ1n) is 4.95. The van der Waals surface area contributed by atoms with Crippen LogP contribution in [0.25, 0.3) is 0 Å². The Morgan fingerprint density at radius 1 is 1.27 bits per heavy atom. The van der Waals surface area contributed by atoms with Crippen molar-refractivity contribution in [3.05, 3.63) is 0 Å². The van der Waals surface area contributed by atoms with Gasteiger partial charge in [-0.1, -0.05) is 6.92 Å². The molecule has 0 heterocycles. The highest BCUT2D eigenvalue weighted by molar-refractivity contribution is 5.77. The molecular weight excluding hydrogens is 198 g/mol. The number of carbonyl (C=O) groups is 2. The third-order valence-electron chi connectivity index (χ3n) is 2.16. The molecule has 15 heavy (non-hydrogen) atoms. The zero-order valence-electron chi connectivity index (χ0n) is 9.78. The van der Waals surface area contributed by atoms with Crippen LogP contribution in [0.1, 0.15) is 20.3 Å². The van der Waals surface area contributed by atoms with Gasteiger partial charge in [-0.3, -0.25) is 14.5 Å². The topological polar surface area (TPSA) is 55.8 Å². The fourth-order valence-corrected chi connectivity index (χ4v) is 1.25. The number of hydrogen-bond acceptors (Lipinski definition) is 5. The molecule has 0 fully saturated rings. The summed E-state index contributed by atoms with van der Waals surface area (Å²) in [6.45, 7) is 4.46. The van der Waals surface area contributed by atoms with Gasteiger partial charge in [-0.05, 0) is 19.9 Å². The van der Waals surface area contributed by atoms with Crippen molar-refractivity contribution < 1.29 is 19.1 Å². The second kappa shape index (κ2) is 7.23. The van der Waals surface area contributed by atoms with E-state index < -0.39 is 6.04 Å². The van der Waals surface area contributed by atoms with Gasteiger partial charge in [0, 0.05) is 0 Å². The van der Waals surface area contributed by atoms with Gasteiger partial charge in [0.05, 0.1) is 20.8 Å². The van der Waals surface area contributed by atoms with E-state index in [2.05, 4.69) is 9.47 Å². The van der Waals surface area contributed by atoms with E-state index in [4.69, 9.17) is 0 Å². The van der Waals surface area contributed by atoms with E-state index >= 15 is 0 Å². The quantitative estimate of drug-likeness (QED) is 0.604. The fraction of sp³-hybridized carbons (Fsp3) is 0.800. The summed E-state index contributed by atoms with van der Waals surface area (Å²) in [6.07, 6.45) is 0.859. The Kier molecular flexibility index (Phi) is 6.70. The molecule has 0 amide bonds. The predicted octanol–water partition coefficient (Wildman–Crippen LogP) is 0.433. The highest BCUT2D eigenvalue weighted by Crippen LogP contribution is 2.02. The van der Waals surface area contributed by atoms with Crippen molar-refractivity contribution in [3.8, 4) is 0 Å².